The van der Waals surface area contributed by atoms with Crippen LogP contribution in [0.1, 0.15) is 143 Å². The van der Waals surface area contributed by atoms with E-state index in [9.17, 15) is 28.8 Å². The van der Waals surface area contributed by atoms with Gasteiger partial charge in [0.15, 0.2) is 17.3 Å². The minimum Gasteiger partial charge on any atom is -0.386 e. The molecule has 0 bridgehead atoms. The molecule has 52 heavy (non-hydrogen) atoms. The van der Waals surface area contributed by atoms with Crippen molar-refractivity contribution in [2.45, 2.75) is 161 Å². The van der Waals surface area contributed by atoms with E-state index in [0.29, 0.717) is 42.5 Å². The van der Waals surface area contributed by atoms with Crippen LogP contribution in [0.25, 0.3) is 0 Å². The molecule has 0 unspecified atom stereocenters. The Bertz CT molecular complexity index is 1100. The van der Waals surface area contributed by atoms with Crippen molar-refractivity contribution in [2.24, 2.45) is 53.1 Å². The number of amides is 3. The molecule has 304 valence electrons. The van der Waals surface area contributed by atoms with Crippen molar-refractivity contribution in [1.29, 1.82) is 0 Å². The number of hydrogen-bond acceptors (Lipinski definition) is 8. The van der Waals surface area contributed by atoms with Gasteiger partial charge >= 0.3 is 0 Å². The summed E-state index contributed by atoms with van der Waals surface area (Å²) in [6.07, 6.45) is 3.92. The second-order valence-corrected chi connectivity index (χ2v) is 16.4. The minimum absolute atomic E-state index is 0.000373. The monoisotopic (exact) mass is 738 g/mol. The Morgan fingerprint density at radius 2 is 0.904 bits per heavy atom. The molecule has 0 heterocycles. The molecular weight excluding hydrogens is 658 g/mol. The van der Waals surface area contributed by atoms with Crippen LogP contribution in [0.3, 0.4) is 0 Å². The minimum atomic E-state index is -0.422. The predicted molar refractivity (Wildman–Crippen MR) is 214 cm³/mol. The van der Waals surface area contributed by atoms with E-state index in [1.54, 1.807) is 13.8 Å². The van der Waals surface area contributed by atoms with Crippen LogP contribution in [0.15, 0.2) is 12.4 Å². The lowest BCUT2D eigenvalue weighted by Crippen LogP contribution is -2.44. The largest absolute Gasteiger partial charge is 0.386 e. The van der Waals surface area contributed by atoms with E-state index in [0.717, 1.165) is 25.7 Å². The van der Waals surface area contributed by atoms with Crippen LogP contribution in [0.4, 0.5) is 0 Å². The molecule has 0 aromatic heterocycles. The van der Waals surface area contributed by atoms with Gasteiger partial charge in [0.25, 0.3) is 0 Å². The molecule has 0 spiro atoms. The van der Waals surface area contributed by atoms with Crippen molar-refractivity contribution in [2.75, 3.05) is 6.54 Å². The number of hydrogen-bond donors (Lipinski definition) is 5. The van der Waals surface area contributed by atoms with E-state index in [-0.39, 0.29) is 70.8 Å². The van der Waals surface area contributed by atoms with Crippen LogP contribution < -0.4 is 27.0 Å². The third kappa shape index (κ3) is 27.4. The van der Waals surface area contributed by atoms with Gasteiger partial charge in [-0.1, -0.05) is 82.7 Å². The Kier molecular flexibility index (Phi) is 28.9. The lowest BCUT2D eigenvalue weighted by molar-refractivity contribution is -0.131. The topological polar surface area (TPSA) is 177 Å². The maximum Gasteiger partial charge on any atom is 0.223 e. The zero-order valence-electron chi connectivity index (χ0n) is 35.8. The molecule has 3 amide bonds. The van der Waals surface area contributed by atoms with Crippen LogP contribution in [0.2, 0.25) is 0 Å². The molecule has 0 aliphatic carbocycles. The van der Waals surface area contributed by atoms with Gasteiger partial charge in [-0.05, 0) is 96.3 Å². The summed E-state index contributed by atoms with van der Waals surface area (Å²) in [5, 5.41) is 11.3. The van der Waals surface area contributed by atoms with Gasteiger partial charge in [-0.15, -0.1) is 0 Å². The highest BCUT2D eigenvalue weighted by Gasteiger charge is 2.27. The first-order chi connectivity index (χ1) is 23.7. The molecule has 6 N–H and O–H groups in total. The van der Waals surface area contributed by atoms with Gasteiger partial charge in [-0.3, -0.25) is 28.8 Å². The lowest BCUT2D eigenvalue weighted by atomic mass is 9.86. The molecule has 0 aliphatic heterocycles. The quantitative estimate of drug-likeness (QED) is 0.0800. The predicted octanol–water partition coefficient (Wildman–Crippen LogP) is 6.34. The Hall–Kier alpha value is -3.24. The lowest BCUT2D eigenvalue weighted by Gasteiger charge is -2.25. The number of carbonyl (C=O) groups excluding carboxylic acids is 6. The zero-order chi connectivity index (χ0) is 41.5. The standard InChI is InChI=1S/C17H33N3O2.C13H25NO2.C11H21NO2/c1-11(2)10-15(12(3)4)17(22)20-16(13(5)21)8-7-9-19-14(6)18;1-8(2)7-12(9(3)4)13(16)14-10(5)11(6)15;1-7(2)6-8(3)11(14)12-9(4)10(5)13/h11-12,15-16,19H,6-10,18H2,1-5H3,(H,20,22);8-10,12H,7H2,1-6H3,(H,14,16);7-9H,6H2,1-5H3,(H,12,14)/t15-,16-;10-,12-;8-,9+/m001/s1. The zero-order valence-corrected chi connectivity index (χ0v) is 35.8. The molecule has 0 saturated heterocycles. The molecule has 0 aromatic rings. The first-order valence-corrected chi connectivity index (χ1v) is 19.3. The van der Waals surface area contributed by atoms with Gasteiger partial charge in [0.2, 0.25) is 17.7 Å². The normalized spacial score (nSPS) is 14.5. The Balaban J connectivity index is -0.000000715. The summed E-state index contributed by atoms with van der Waals surface area (Å²) in [7, 11) is 0. The van der Waals surface area contributed by atoms with Crippen LogP contribution >= 0.6 is 0 Å². The van der Waals surface area contributed by atoms with Crippen molar-refractivity contribution in [1.82, 2.24) is 21.3 Å². The van der Waals surface area contributed by atoms with Gasteiger partial charge in [0, 0.05) is 24.3 Å². The van der Waals surface area contributed by atoms with Gasteiger partial charge in [0.1, 0.15) is 0 Å². The second-order valence-electron chi connectivity index (χ2n) is 16.4. The summed E-state index contributed by atoms with van der Waals surface area (Å²) in [6.45, 7) is 34.8. The molecule has 0 radical (unpaired) electrons. The fourth-order valence-corrected chi connectivity index (χ4v) is 5.28. The van der Waals surface area contributed by atoms with Crippen LogP contribution in [-0.4, -0.2) is 59.7 Å². The van der Waals surface area contributed by atoms with E-state index in [1.165, 1.54) is 20.8 Å². The molecular formula is C41H79N5O6. The summed E-state index contributed by atoms with van der Waals surface area (Å²) in [5.41, 5.74) is 5.43. The van der Waals surface area contributed by atoms with Crippen LogP contribution in [0, 0.1) is 47.3 Å². The Morgan fingerprint density at radius 3 is 1.21 bits per heavy atom. The maximum absolute atomic E-state index is 12.5. The average Bonchev–Trinajstić information content (AvgIpc) is 2.99. The fourth-order valence-electron chi connectivity index (χ4n) is 5.28. The van der Waals surface area contributed by atoms with Crippen molar-refractivity contribution in [3.63, 3.8) is 0 Å². The van der Waals surface area contributed by atoms with E-state index >= 15 is 0 Å². The van der Waals surface area contributed by atoms with Crippen molar-refractivity contribution in [3.05, 3.63) is 12.4 Å². The first-order valence-electron chi connectivity index (χ1n) is 19.3. The summed E-state index contributed by atoms with van der Waals surface area (Å²) in [5.74, 6) is 2.32. The average molecular weight is 738 g/mol. The van der Waals surface area contributed by atoms with Gasteiger partial charge in [-0.25, -0.2) is 0 Å². The van der Waals surface area contributed by atoms with Gasteiger partial charge in [-0.2, -0.15) is 0 Å². The van der Waals surface area contributed by atoms with Crippen molar-refractivity contribution < 1.29 is 28.8 Å². The summed E-state index contributed by atoms with van der Waals surface area (Å²) in [4.78, 5) is 69.7. The Labute approximate surface area is 317 Å². The second kappa shape index (κ2) is 28.3. The van der Waals surface area contributed by atoms with Crippen LogP contribution in [-0.2, 0) is 28.8 Å². The maximum atomic E-state index is 12.5. The number of nitrogens with two attached hydrogens (primary N) is 1. The number of rotatable bonds is 22. The summed E-state index contributed by atoms with van der Waals surface area (Å²) < 4.78 is 0. The summed E-state index contributed by atoms with van der Waals surface area (Å²) >= 11 is 0. The SMILES string of the molecule is C=C(N)NCCC[C@H](NC(=O)[C@@H](CC(C)C)C(C)C)C(C)=O.CC(=O)[C@H](C)NC(=O)[C@@H](CC(C)C)C(C)C.CC(=O)[C@H](C)NC(=O)[C@H](C)CC(C)C. The summed E-state index contributed by atoms with van der Waals surface area (Å²) in [6, 6.07) is -1.16. The highest BCUT2D eigenvalue weighted by molar-refractivity contribution is 5.89. The number of Topliss-reactive ketones (excluding diaryl/α,β-unsaturated/α-hetero) is 3. The fraction of sp³-hybridized carbons (Fsp3) is 0.805. The third-order valence-electron chi connectivity index (χ3n) is 8.77. The molecule has 0 saturated carbocycles. The van der Waals surface area contributed by atoms with E-state index < -0.39 is 6.04 Å². The van der Waals surface area contributed by atoms with Crippen molar-refractivity contribution >= 4 is 35.1 Å². The molecule has 0 aromatic carbocycles. The van der Waals surface area contributed by atoms with E-state index in [2.05, 4.69) is 69.4 Å². The molecule has 0 rings (SSSR count). The van der Waals surface area contributed by atoms with Crippen LogP contribution in [0.5, 0.6) is 0 Å². The molecule has 0 fully saturated rings. The van der Waals surface area contributed by atoms with Gasteiger partial charge in [0.05, 0.1) is 23.9 Å². The number of carbonyl (C=O) groups is 6. The van der Waals surface area contributed by atoms with E-state index in [4.69, 9.17) is 5.73 Å². The highest BCUT2D eigenvalue weighted by atomic mass is 16.2. The first kappa shape index (κ1) is 53.1. The molecule has 6 atom stereocenters. The molecule has 0 aliphatic rings. The third-order valence-corrected chi connectivity index (χ3v) is 8.77. The number of nitrogens with one attached hydrogen (secondary N) is 4. The highest BCUT2D eigenvalue weighted by Crippen LogP contribution is 2.22. The van der Waals surface area contributed by atoms with E-state index in [1.807, 2.05) is 34.6 Å². The smallest absolute Gasteiger partial charge is 0.223 e. The molecule has 11 heteroatoms. The van der Waals surface area contributed by atoms with Crippen molar-refractivity contribution in [3.8, 4) is 0 Å². The molecule has 11 nitrogen and oxygen atoms in total. The number of ketones is 3. The van der Waals surface area contributed by atoms with Gasteiger partial charge < -0.3 is 27.0 Å². The Morgan fingerprint density at radius 1 is 0.538 bits per heavy atom.